The Balaban J connectivity index is 1.82. The predicted molar refractivity (Wildman–Crippen MR) is 122 cm³/mol. The molecule has 160 valence electrons. The molecule has 1 saturated carbocycles. The van der Waals surface area contributed by atoms with Crippen molar-refractivity contribution >= 4 is 11.6 Å². The molecule has 2 unspecified atom stereocenters. The lowest BCUT2D eigenvalue weighted by atomic mass is 9.65. The number of hydrogen-bond acceptors (Lipinski definition) is 4. The third kappa shape index (κ3) is 4.55. The molecular formula is C26H34N2O2. The van der Waals surface area contributed by atoms with Gasteiger partial charge in [-0.1, -0.05) is 55.5 Å². The van der Waals surface area contributed by atoms with Gasteiger partial charge in [0, 0.05) is 0 Å². The van der Waals surface area contributed by atoms with Crippen LogP contribution in [-0.4, -0.2) is 24.7 Å². The Kier molecular flexibility index (Phi) is 6.89. The molecule has 2 atom stereocenters. The molecule has 1 aliphatic rings. The first kappa shape index (κ1) is 22.4. The quantitative estimate of drug-likeness (QED) is 0.694. The van der Waals surface area contributed by atoms with Crippen molar-refractivity contribution in [2.45, 2.75) is 64.5 Å². The second-order valence-corrected chi connectivity index (χ2v) is 9.06. The van der Waals surface area contributed by atoms with Gasteiger partial charge in [-0.3, -0.25) is 9.59 Å². The Morgan fingerprint density at radius 1 is 1.00 bits per heavy atom. The van der Waals surface area contributed by atoms with Crippen molar-refractivity contribution in [3.63, 3.8) is 0 Å². The number of rotatable bonds is 7. The van der Waals surface area contributed by atoms with Crippen LogP contribution in [0.25, 0.3) is 11.1 Å². The van der Waals surface area contributed by atoms with Crippen LogP contribution in [0, 0.1) is 5.41 Å². The number of nitrogens with two attached hydrogens (primary N) is 1. The fourth-order valence-electron chi connectivity index (χ4n) is 5.14. The number of likely N-dealkylation sites (N-methyl/N-ethyl adjacent to an activating group) is 1. The van der Waals surface area contributed by atoms with E-state index < -0.39 is 6.04 Å². The topological polar surface area (TPSA) is 72.2 Å². The van der Waals surface area contributed by atoms with E-state index in [1.54, 1.807) is 6.92 Å². The van der Waals surface area contributed by atoms with E-state index in [4.69, 9.17) is 5.73 Å². The summed E-state index contributed by atoms with van der Waals surface area (Å²) < 4.78 is 0. The lowest BCUT2D eigenvalue weighted by Gasteiger charge is -2.42. The standard InChI is InChI=1S/C26H34N2O2/c1-17(29)24(27)21-11-9-19(10-12-21)22-7-5-6-8-23(22)20-13-15-26(3,16-14-20)25(28-4)18(2)30/h5-12,20,24-25,28H,13-16,27H2,1-4H3. The van der Waals surface area contributed by atoms with E-state index in [9.17, 15) is 9.59 Å². The smallest absolute Gasteiger partial charge is 0.150 e. The lowest BCUT2D eigenvalue weighted by molar-refractivity contribution is -0.122. The lowest BCUT2D eigenvalue weighted by Crippen LogP contribution is -2.48. The highest BCUT2D eigenvalue weighted by Gasteiger charge is 2.40. The van der Waals surface area contributed by atoms with Crippen molar-refractivity contribution in [1.29, 1.82) is 0 Å². The largest absolute Gasteiger partial charge is 0.318 e. The van der Waals surface area contributed by atoms with Crippen LogP contribution in [-0.2, 0) is 9.59 Å². The molecule has 4 nitrogen and oxygen atoms in total. The fraction of sp³-hybridized carbons (Fsp3) is 0.462. The Hall–Kier alpha value is -2.30. The number of carbonyl (C=O) groups is 2. The van der Waals surface area contributed by atoms with Gasteiger partial charge in [-0.05, 0) is 80.2 Å². The van der Waals surface area contributed by atoms with Crippen molar-refractivity contribution in [3.05, 3.63) is 59.7 Å². The van der Waals surface area contributed by atoms with Crippen LogP contribution in [0.1, 0.15) is 69.5 Å². The molecule has 0 spiro atoms. The molecule has 1 aliphatic carbocycles. The summed E-state index contributed by atoms with van der Waals surface area (Å²) in [5, 5.41) is 3.24. The number of hydrogen-bond donors (Lipinski definition) is 2. The number of nitrogens with one attached hydrogen (secondary N) is 1. The van der Waals surface area contributed by atoms with Gasteiger partial charge in [0.25, 0.3) is 0 Å². The summed E-state index contributed by atoms with van der Waals surface area (Å²) in [5.74, 6) is 0.680. The van der Waals surface area contributed by atoms with Gasteiger partial charge < -0.3 is 11.1 Å². The summed E-state index contributed by atoms with van der Waals surface area (Å²) in [7, 11) is 1.89. The summed E-state index contributed by atoms with van der Waals surface area (Å²) in [5.41, 5.74) is 10.6. The van der Waals surface area contributed by atoms with E-state index >= 15 is 0 Å². The van der Waals surface area contributed by atoms with Gasteiger partial charge in [-0.25, -0.2) is 0 Å². The summed E-state index contributed by atoms with van der Waals surface area (Å²) in [6.45, 7) is 5.46. The van der Waals surface area contributed by atoms with Crippen molar-refractivity contribution < 1.29 is 9.59 Å². The van der Waals surface area contributed by atoms with Gasteiger partial charge >= 0.3 is 0 Å². The predicted octanol–water partition coefficient (Wildman–Crippen LogP) is 4.78. The van der Waals surface area contributed by atoms with Crippen LogP contribution in [0.5, 0.6) is 0 Å². The first-order valence-corrected chi connectivity index (χ1v) is 10.9. The SMILES string of the molecule is CNC(C(C)=O)C1(C)CCC(c2ccccc2-c2ccc(C(N)C(C)=O)cc2)CC1. The molecule has 3 rings (SSSR count). The number of Topliss-reactive ketones (excluding diaryl/α,β-unsaturated/α-hetero) is 2. The molecule has 30 heavy (non-hydrogen) atoms. The van der Waals surface area contributed by atoms with Crippen LogP contribution >= 0.6 is 0 Å². The third-order valence-corrected chi connectivity index (χ3v) is 6.94. The summed E-state index contributed by atoms with van der Waals surface area (Å²) in [6.07, 6.45) is 4.21. The molecule has 0 radical (unpaired) electrons. The zero-order valence-corrected chi connectivity index (χ0v) is 18.6. The Bertz CT molecular complexity index is 896. The molecule has 0 saturated heterocycles. The summed E-state index contributed by atoms with van der Waals surface area (Å²) in [6, 6.07) is 16.0. The number of carbonyl (C=O) groups excluding carboxylic acids is 2. The normalized spacial score (nSPS) is 23.6. The summed E-state index contributed by atoms with van der Waals surface area (Å²) >= 11 is 0. The third-order valence-electron chi connectivity index (χ3n) is 6.94. The maximum atomic E-state index is 12.1. The molecule has 0 heterocycles. The Morgan fingerprint density at radius 3 is 2.13 bits per heavy atom. The minimum Gasteiger partial charge on any atom is -0.318 e. The molecular weight excluding hydrogens is 372 g/mol. The molecule has 1 fully saturated rings. The van der Waals surface area contributed by atoms with E-state index in [1.165, 1.54) is 18.1 Å². The molecule has 3 N–H and O–H groups in total. The summed E-state index contributed by atoms with van der Waals surface area (Å²) in [4.78, 5) is 23.7. The first-order chi connectivity index (χ1) is 14.3. The Morgan fingerprint density at radius 2 is 1.60 bits per heavy atom. The zero-order valence-electron chi connectivity index (χ0n) is 18.6. The monoisotopic (exact) mass is 406 g/mol. The minimum absolute atomic E-state index is 0.0104. The van der Waals surface area contributed by atoms with Gasteiger partial charge in [0.1, 0.15) is 5.78 Å². The number of ketones is 2. The van der Waals surface area contributed by atoms with Crippen molar-refractivity contribution in [1.82, 2.24) is 5.32 Å². The average Bonchev–Trinajstić information content (AvgIpc) is 2.74. The van der Waals surface area contributed by atoms with Gasteiger partial charge in [-0.15, -0.1) is 0 Å². The van der Waals surface area contributed by atoms with Gasteiger partial charge in [0.2, 0.25) is 0 Å². The molecule has 2 aromatic carbocycles. The van der Waals surface area contributed by atoms with Crippen LogP contribution < -0.4 is 11.1 Å². The second kappa shape index (κ2) is 9.23. The highest BCUT2D eigenvalue weighted by atomic mass is 16.1. The minimum atomic E-state index is -0.563. The average molecular weight is 407 g/mol. The highest BCUT2D eigenvalue weighted by Crippen LogP contribution is 2.46. The Labute approximate surface area is 180 Å². The van der Waals surface area contributed by atoms with Crippen molar-refractivity contribution in [3.8, 4) is 11.1 Å². The molecule has 0 amide bonds. The van der Waals surface area contributed by atoms with Crippen LogP contribution in [0.2, 0.25) is 0 Å². The van der Waals surface area contributed by atoms with Crippen molar-refractivity contribution in [2.75, 3.05) is 7.05 Å². The second-order valence-electron chi connectivity index (χ2n) is 9.06. The van der Waals surface area contributed by atoms with E-state index in [1.807, 2.05) is 19.2 Å². The number of benzene rings is 2. The van der Waals surface area contributed by atoms with Crippen LogP contribution in [0.15, 0.2) is 48.5 Å². The fourth-order valence-corrected chi connectivity index (χ4v) is 5.14. The van der Waals surface area contributed by atoms with Crippen molar-refractivity contribution in [2.24, 2.45) is 11.1 Å². The molecule has 0 aliphatic heterocycles. The molecule has 2 aromatic rings. The maximum Gasteiger partial charge on any atom is 0.150 e. The van der Waals surface area contributed by atoms with Gasteiger partial charge in [0.05, 0.1) is 12.1 Å². The molecule has 4 heteroatoms. The van der Waals surface area contributed by atoms with E-state index in [0.717, 1.165) is 36.8 Å². The first-order valence-electron chi connectivity index (χ1n) is 10.9. The highest BCUT2D eigenvalue weighted by molar-refractivity contribution is 5.83. The maximum absolute atomic E-state index is 12.1. The van der Waals surface area contributed by atoms with Gasteiger partial charge in [0.15, 0.2) is 5.78 Å². The van der Waals surface area contributed by atoms with E-state index in [0.29, 0.717) is 5.92 Å². The van der Waals surface area contributed by atoms with Crippen LogP contribution in [0.4, 0.5) is 0 Å². The zero-order chi connectivity index (χ0) is 21.9. The van der Waals surface area contributed by atoms with Crippen LogP contribution in [0.3, 0.4) is 0 Å². The molecule has 0 aromatic heterocycles. The van der Waals surface area contributed by atoms with E-state index in [-0.39, 0.29) is 23.0 Å². The molecule has 0 bridgehead atoms. The van der Waals surface area contributed by atoms with Gasteiger partial charge in [-0.2, -0.15) is 0 Å². The van der Waals surface area contributed by atoms with E-state index in [2.05, 4.69) is 48.6 Å².